The van der Waals surface area contributed by atoms with Gasteiger partial charge in [-0.1, -0.05) is 0 Å². The van der Waals surface area contributed by atoms with E-state index in [2.05, 4.69) is 5.32 Å². The Hall–Kier alpha value is -2.25. The summed E-state index contributed by atoms with van der Waals surface area (Å²) in [5.41, 5.74) is -0.214. The maximum absolute atomic E-state index is 14.8. The highest BCUT2D eigenvalue weighted by Gasteiger charge is 2.34. The van der Waals surface area contributed by atoms with E-state index in [4.69, 9.17) is 21.7 Å². The maximum atomic E-state index is 14.8. The summed E-state index contributed by atoms with van der Waals surface area (Å²) in [4.78, 5) is 14.7. The van der Waals surface area contributed by atoms with Gasteiger partial charge in [0.25, 0.3) is 5.17 Å². The summed E-state index contributed by atoms with van der Waals surface area (Å²) in [7, 11) is -1.95. The summed E-state index contributed by atoms with van der Waals surface area (Å²) in [5, 5.41) is 2.90. The summed E-state index contributed by atoms with van der Waals surface area (Å²) in [6.45, 7) is 0.857. The molecule has 2 saturated heterocycles. The molecule has 2 heterocycles. The van der Waals surface area contributed by atoms with Crippen molar-refractivity contribution in [3.05, 3.63) is 23.8 Å². The number of halogens is 2. The number of rotatable bonds is 5. The Kier molecular flexibility index (Phi) is 6.62. The van der Waals surface area contributed by atoms with Crippen LogP contribution in [0.2, 0.25) is 0 Å². The molecule has 13 heteroatoms. The monoisotopic (exact) mass is 464 g/mol. The summed E-state index contributed by atoms with van der Waals surface area (Å²) < 4.78 is 64.0. The lowest BCUT2D eigenvalue weighted by Crippen LogP contribution is -2.48. The normalized spacial score (nSPS) is 20.3. The second-order valence-electron chi connectivity index (χ2n) is 6.90. The Bertz CT molecular complexity index is 915. The van der Waals surface area contributed by atoms with Crippen molar-refractivity contribution in [2.75, 3.05) is 62.4 Å². The highest BCUT2D eigenvalue weighted by Crippen LogP contribution is 2.31. The minimum absolute atomic E-state index is 0.0327. The van der Waals surface area contributed by atoms with Gasteiger partial charge in [0, 0.05) is 38.3 Å². The molecule has 2 aliphatic heterocycles. The third-order valence-corrected chi connectivity index (χ3v) is 6.48. The van der Waals surface area contributed by atoms with E-state index >= 15 is 0 Å². The van der Waals surface area contributed by atoms with Gasteiger partial charge in [-0.3, -0.25) is 4.90 Å². The number of benzene rings is 1. The van der Waals surface area contributed by atoms with Crippen molar-refractivity contribution in [3.8, 4) is 0 Å². The number of anilines is 2. The van der Waals surface area contributed by atoms with Crippen molar-refractivity contribution in [1.29, 1.82) is 0 Å². The molecule has 1 aromatic rings. The maximum Gasteiger partial charge on any atom is 0.414 e. The molecule has 0 radical (unpaired) electrons. The molecule has 1 amide bonds. The standard InChI is InChI=1S/C17H22F2N4O5S2/c1-27-16(29)20-9-12-10-23(17(24)28-12)11-7-13(18)15(14(19)8-11)21-3-5-22(6-4-21)30(2,25)26/h7-8,12H,3-6,9-10H2,1-2H3,(H,20,29). The van der Waals surface area contributed by atoms with E-state index < -0.39 is 33.9 Å². The van der Waals surface area contributed by atoms with Crippen LogP contribution in [0.5, 0.6) is 0 Å². The molecule has 30 heavy (non-hydrogen) atoms. The quantitative estimate of drug-likeness (QED) is 0.643. The van der Waals surface area contributed by atoms with Crippen LogP contribution >= 0.6 is 12.2 Å². The number of thiocarbonyl (C=S) groups is 1. The zero-order valence-electron chi connectivity index (χ0n) is 16.4. The molecule has 1 aromatic carbocycles. The van der Waals surface area contributed by atoms with Crippen LogP contribution < -0.4 is 15.1 Å². The van der Waals surface area contributed by atoms with Gasteiger partial charge in [-0.2, -0.15) is 4.31 Å². The van der Waals surface area contributed by atoms with Gasteiger partial charge in [0.15, 0.2) is 11.6 Å². The molecule has 0 spiro atoms. The van der Waals surface area contributed by atoms with Crippen molar-refractivity contribution in [3.63, 3.8) is 0 Å². The number of methoxy groups -OCH3 is 1. The number of nitrogens with one attached hydrogen (secondary N) is 1. The molecular weight excluding hydrogens is 442 g/mol. The lowest BCUT2D eigenvalue weighted by molar-refractivity contribution is 0.142. The Balaban J connectivity index is 1.71. The molecule has 1 unspecified atom stereocenters. The van der Waals surface area contributed by atoms with Gasteiger partial charge >= 0.3 is 6.09 Å². The molecule has 0 aromatic heterocycles. The van der Waals surface area contributed by atoms with E-state index in [1.807, 2.05) is 0 Å². The number of ether oxygens (including phenoxy) is 2. The fraction of sp³-hybridized carbons (Fsp3) is 0.529. The number of cyclic esters (lactones) is 1. The highest BCUT2D eigenvalue weighted by molar-refractivity contribution is 7.88. The Morgan fingerprint density at radius 2 is 1.87 bits per heavy atom. The first-order chi connectivity index (χ1) is 14.1. The number of carbonyl (C=O) groups excluding carboxylic acids is 1. The molecule has 0 aliphatic carbocycles. The molecule has 2 fully saturated rings. The molecule has 9 nitrogen and oxygen atoms in total. The van der Waals surface area contributed by atoms with Crippen molar-refractivity contribution >= 4 is 44.9 Å². The largest absolute Gasteiger partial charge is 0.474 e. The van der Waals surface area contributed by atoms with Crippen LogP contribution in [0, 0.1) is 11.6 Å². The zero-order valence-corrected chi connectivity index (χ0v) is 18.1. The zero-order chi connectivity index (χ0) is 22.1. The molecular formula is C17H22F2N4O5S2. The van der Waals surface area contributed by atoms with Crippen LogP contribution in [0.15, 0.2) is 12.1 Å². The van der Waals surface area contributed by atoms with Gasteiger partial charge in [-0.25, -0.2) is 22.0 Å². The number of hydrogen-bond donors (Lipinski definition) is 1. The van der Waals surface area contributed by atoms with E-state index in [0.717, 1.165) is 23.3 Å². The number of carbonyl (C=O) groups is 1. The first kappa shape index (κ1) is 22.4. The summed E-state index contributed by atoms with van der Waals surface area (Å²) in [5.74, 6) is -1.68. The number of nitrogens with zero attached hydrogens (tertiary/aromatic N) is 3. The molecule has 0 bridgehead atoms. The lowest BCUT2D eigenvalue weighted by Gasteiger charge is -2.35. The van der Waals surface area contributed by atoms with Crippen molar-refractivity contribution in [2.24, 2.45) is 0 Å². The molecule has 2 aliphatic rings. The van der Waals surface area contributed by atoms with Crippen LogP contribution in [0.1, 0.15) is 0 Å². The van der Waals surface area contributed by atoms with Crippen molar-refractivity contribution in [1.82, 2.24) is 9.62 Å². The molecule has 0 saturated carbocycles. The molecule has 3 rings (SSSR count). The van der Waals surface area contributed by atoms with Gasteiger partial charge < -0.3 is 19.7 Å². The van der Waals surface area contributed by atoms with E-state index in [-0.39, 0.29) is 55.8 Å². The van der Waals surface area contributed by atoms with Gasteiger partial charge in [0.05, 0.1) is 32.1 Å². The predicted molar refractivity (Wildman–Crippen MR) is 110 cm³/mol. The third-order valence-electron chi connectivity index (χ3n) is 4.87. The third kappa shape index (κ3) is 4.90. The molecule has 1 N–H and O–H groups in total. The topological polar surface area (TPSA) is 91.4 Å². The first-order valence-electron chi connectivity index (χ1n) is 9.09. The SMILES string of the molecule is COC(=S)NCC1CN(c2cc(F)c(N3CCN(S(C)(=O)=O)CC3)c(F)c2)C(=O)O1. The van der Waals surface area contributed by atoms with Crippen LogP contribution in [0.4, 0.5) is 25.0 Å². The molecule has 166 valence electrons. The van der Waals surface area contributed by atoms with E-state index in [9.17, 15) is 22.0 Å². The average molecular weight is 465 g/mol. The predicted octanol–water partition coefficient (Wildman–Crippen LogP) is 0.893. The van der Waals surface area contributed by atoms with Gasteiger partial charge in [0.2, 0.25) is 10.0 Å². The number of sulfonamides is 1. The van der Waals surface area contributed by atoms with E-state index in [0.29, 0.717) is 0 Å². The van der Waals surface area contributed by atoms with E-state index in [1.54, 1.807) is 0 Å². The fourth-order valence-corrected chi connectivity index (χ4v) is 4.27. The summed E-state index contributed by atoms with van der Waals surface area (Å²) >= 11 is 4.85. The van der Waals surface area contributed by atoms with E-state index in [1.165, 1.54) is 16.3 Å². The Labute approximate surface area is 178 Å². The Morgan fingerprint density at radius 1 is 1.27 bits per heavy atom. The van der Waals surface area contributed by atoms with Gasteiger partial charge in [-0.15, -0.1) is 0 Å². The fourth-order valence-electron chi connectivity index (χ4n) is 3.36. The van der Waals surface area contributed by atoms with Gasteiger partial charge in [0.1, 0.15) is 11.8 Å². The smallest absolute Gasteiger partial charge is 0.414 e. The summed E-state index contributed by atoms with van der Waals surface area (Å²) in [6, 6.07) is 2.14. The van der Waals surface area contributed by atoms with Crippen LogP contribution in [-0.4, -0.2) is 82.7 Å². The van der Waals surface area contributed by atoms with Gasteiger partial charge in [-0.05, 0) is 12.2 Å². The first-order valence-corrected chi connectivity index (χ1v) is 11.3. The van der Waals surface area contributed by atoms with Crippen molar-refractivity contribution < 1.29 is 31.5 Å². The minimum atomic E-state index is -3.35. The second-order valence-corrected chi connectivity index (χ2v) is 9.25. The number of amides is 1. The number of piperazine rings is 1. The minimum Gasteiger partial charge on any atom is -0.474 e. The number of hydrogen-bond acceptors (Lipinski definition) is 7. The van der Waals surface area contributed by atoms with Crippen LogP contribution in [0.25, 0.3) is 0 Å². The van der Waals surface area contributed by atoms with Crippen molar-refractivity contribution in [2.45, 2.75) is 6.10 Å². The Morgan fingerprint density at radius 3 is 2.40 bits per heavy atom. The lowest BCUT2D eigenvalue weighted by atomic mass is 10.2. The average Bonchev–Trinajstić information content (AvgIpc) is 3.06. The molecule has 1 atom stereocenters. The highest BCUT2D eigenvalue weighted by atomic mass is 32.2. The second kappa shape index (κ2) is 8.86. The summed E-state index contributed by atoms with van der Waals surface area (Å²) in [6.07, 6.45) is -0.196. The van der Waals surface area contributed by atoms with Crippen LogP contribution in [-0.2, 0) is 19.5 Å². The van der Waals surface area contributed by atoms with Crippen LogP contribution in [0.3, 0.4) is 0 Å².